The molecule has 6 nitrogen and oxygen atoms in total. The molecule has 3 aromatic rings. The van der Waals surface area contributed by atoms with Crippen LogP contribution in [-0.2, 0) is 11.2 Å². The molecule has 0 radical (unpaired) electrons. The van der Waals surface area contributed by atoms with E-state index < -0.39 is 6.23 Å². The summed E-state index contributed by atoms with van der Waals surface area (Å²) in [5.74, 6) is 1.81. The lowest BCUT2D eigenvalue weighted by molar-refractivity contribution is -0.118. The molecule has 1 aliphatic heterocycles. The minimum Gasteiger partial charge on any atom is -0.447 e. The quantitative estimate of drug-likeness (QED) is 0.419. The summed E-state index contributed by atoms with van der Waals surface area (Å²) in [6.45, 7) is 10.1. The highest BCUT2D eigenvalue weighted by Crippen LogP contribution is 2.44. The summed E-state index contributed by atoms with van der Waals surface area (Å²) in [6, 6.07) is 14.1. The molecule has 0 fully saturated rings. The Labute approximate surface area is 199 Å². The number of rotatable bonds is 6. The first-order valence-electron chi connectivity index (χ1n) is 11.4. The fraction of sp³-hybridized carbons (Fsp3) is 0.385. The van der Waals surface area contributed by atoms with Gasteiger partial charge in [-0.25, -0.2) is 0 Å². The Morgan fingerprint density at radius 1 is 1.18 bits per heavy atom. The standard InChI is InChI=1S/C26H30N4O2S/c1-6-19-10-11-22-21(15-19)23-24(27-26(29-28-23)33-13-12-16(2)3)32-25(30(22)18(5)31)20-9-7-8-17(4)14-20/h7-11,14-16,25H,6,12-13H2,1-5H3. The summed E-state index contributed by atoms with van der Waals surface area (Å²) < 4.78 is 6.47. The molecule has 1 aliphatic rings. The Morgan fingerprint density at radius 2 is 2.00 bits per heavy atom. The van der Waals surface area contributed by atoms with E-state index in [-0.39, 0.29) is 5.91 Å². The number of hydrogen-bond donors (Lipinski definition) is 0. The van der Waals surface area contributed by atoms with Crippen molar-refractivity contribution in [2.75, 3.05) is 10.7 Å². The molecule has 172 valence electrons. The van der Waals surface area contributed by atoms with E-state index in [2.05, 4.69) is 37.0 Å². The largest absolute Gasteiger partial charge is 0.447 e. The number of nitrogens with zero attached hydrogens (tertiary/aromatic N) is 4. The van der Waals surface area contributed by atoms with Gasteiger partial charge < -0.3 is 4.74 Å². The van der Waals surface area contributed by atoms with E-state index in [1.54, 1.807) is 23.6 Å². The van der Waals surface area contributed by atoms with Gasteiger partial charge in [-0.3, -0.25) is 9.69 Å². The molecule has 33 heavy (non-hydrogen) atoms. The van der Waals surface area contributed by atoms with E-state index in [9.17, 15) is 4.79 Å². The predicted molar refractivity (Wildman–Crippen MR) is 133 cm³/mol. The van der Waals surface area contributed by atoms with Crippen LogP contribution in [0.25, 0.3) is 11.3 Å². The number of aromatic nitrogens is 3. The third kappa shape index (κ3) is 5.03. The molecule has 2 aromatic carbocycles. The number of hydrogen-bond acceptors (Lipinski definition) is 6. The van der Waals surface area contributed by atoms with Crippen molar-refractivity contribution < 1.29 is 9.53 Å². The van der Waals surface area contributed by atoms with Gasteiger partial charge in [0.05, 0.1) is 5.69 Å². The Hall–Kier alpha value is -2.93. The van der Waals surface area contributed by atoms with Crippen LogP contribution in [0.2, 0.25) is 0 Å². The lowest BCUT2D eigenvalue weighted by atomic mass is 10.0. The molecule has 0 spiro atoms. The Bertz CT molecular complexity index is 1160. The second kappa shape index (κ2) is 9.91. The summed E-state index contributed by atoms with van der Waals surface area (Å²) >= 11 is 1.58. The Morgan fingerprint density at radius 3 is 2.70 bits per heavy atom. The molecule has 2 heterocycles. The summed E-state index contributed by atoms with van der Waals surface area (Å²) in [6.07, 6.45) is 1.29. The molecule has 0 bridgehead atoms. The van der Waals surface area contributed by atoms with E-state index >= 15 is 0 Å². The minimum atomic E-state index is -0.653. The predicted octanol–water partition coefficient (Wildman–Crippen LogP) is 5.99. The number of anilines is 1. The van der Waals surface area contributed by atoms with E-state index in [4.69, 9.17) is 9.72 Å². The maximum absolute atomic E-state index is 12.9. The molecule has 1 amide bonds. The smallest absolute Gasteiger partial charge is 0.247 e. The van der Waals surface area contributed by atoms with Crippen LogP contribution in [0.4, 0.5) is 5.69 Å². The van der Waals surface area contributed by atoms with Gasteiger partial charge in [-0.2, -0.15) is 4.98 Å². The molecule has 4 rings (SSSR count). The van der Waals surface area contributed by atoms with Crippen molar-refractivity contribution in [2.45, 2.75) is 58.8 Å². The number of fused-ring (bicyclic) bond motifs is 3. The third-order valence-electron chi connectivity index (χ3n) is 5.67. The SMILES string of the molecule is CCc1ccc2c(c1)-c1nnc(SCCC(C)C)nc1OC(c1cccc(C)c1)N2C(C)=O. The maximum atomic E-state index is 12.9. The highest BCUT2D eigenvalue weighted by molar-refractivity contribution is 7.99. The van der Waals surface area contributed by atoms with Gasteiger partial charge in [0.2, 0.25) is 23.2 Å². The fourth-order valence-electron chi connectivity index (χ4n) is 3.86. The monoisotopic (exact) mass is 462 g/mol. The first-order chi connectivity index (χ1) is 15.9. The average Bonchev–Trinajstić information content (AvgIpc) is 2.92. The van der Waals surface area contributed by atoms with Crippen LogP contribution in [0, 0.1) is 12.8 Å². The number of benzene rings is 2. The first kappa shape index (κ1) is 23.2. The van der Waals surface area contributed by atoms with Gasteiger partial charge in [-0.1, -0.05) is 68.4 Å². The number of carbonyl (C=O) groups excluding carboxylic acids is 1. The van der Waals surface area contributed by atoms with Gasteiger partial charge in [0.1, 0.15) is 0 Å². The lowest BCUT2D eigenvalue weighted by Gasteiger charge is -2.30. The van der Waals surface area contributed by atoms with Crippen molar-refractivity contribution in [3.05, 3.63) is 59.2 Å². The van der Waals surface area contributed by atoms with E-state index in [1.165, 1.54) is 0 Å². The van der Waals surface area contributed by atoms with E-state index in [0.717, 1.165) is 46.5 Å². The van der Waals surface area contributed by atoms with Crippen molar-refractivity contribution in [2.24, 2.45) is 5.92 Å². The molecular weight excluding hydrogens is 432 g/mol. The van der Waals surface area contributed by atoms with E-state index in [1.807, 2.05) is 43.3 Å². The molecule has 0 saturated heterocycles. The Kier molecular flexibility index (Phi) is 6.98. The van der Waals surface area contributed by atoms with Crippen LogP contribution in [0.3, 0.4) is 0 Å². The van der Waals surface area contributed by atoms with Crippen LogP contribution in [-0.4, -0.2) is 26.8 Å². The van der Waals surface area contributed by atoms with Crippen LogP contribution < -0.4 is 9.64 Å². The number of amides is 1. The molecule has 1 atom stereocenters. The van der Waals surface area contributed by atoms with Crippen LogP contribution in [0.5, 0.6) is 5.88 Å². The van der Waals surface area contributed by atoms with Crippen molar-refractivity contribution in [1.29, 1.82) is 0 Å². The minimum absolute atomic E-state index is 0.112. The highest BCUT2D eigenvalue weighted by atomic mass is 32.2. The van der Waals surface area contributed by atoms with Gasteiger partial charge >= 0.3 is 0 Å². The van der Waals surface area contributed by atoms with Crippen LogP contribution in [0.15, 0.2) is 47.6 Å². The van der Waals surface area contributed by atoms with Gasteiger partial charge in [-0.15, -0.1) is 10.2 Å². The zero-order valence-corrected chi connectivity index (χ0v) is 20.6. The molecule has 0 aliphatic carbocycles. The van der Waals surface area contributed by atoms with Crippen molar-refractivity contribution in [1.82, 2.24) is 15.2 Å². The maximum Gasteiger partial charge on any atom is 0.247 e. The normalized spacial score (nSPS) is 15.0. The molecule has 7 heteroatoms. The zero-order valence-electron chi connectivity index (χ0n) is 19.8. The van der Waals surface area contributed by atoms with Gasteiger partial charge in [-0.05, 0) is 43.4 Å². The van der Waals surface area contributed by atoms with Crippen molar-refractivity contribution in [3.8, 4) is 17.1 Å². The van der Waals surface area contributed by atoms with Crippen molar-refractivity contribution >= 4 is 23.4 Å². The summed E-state index contributed by atoms with van der Waals surface area (Å²) in [7, 11) is 0. The fourth-order valence-corrected chi connectivity index (χ4v) is 4.88. The number of thioether (sulfide) groups is 1. The topological polar surface area (TPSA) is 68.2 Å². The molecule has 1 aromatic heterocycles. The summed E-state index contributed by atoms with van der Waals surface area (Å²) in [5.41, 5.74) is 5.26. The second-order valence-electron chi connectivity index (χ2n) is 8.76. The molecule has 0 saturated carbocycles. The van der Waals surface area contributed by atoms with Gasteiger partial charge in [0.25, 0.3) is 0 Å². The summed E-state index contributed by atoms with van der Waals surface area (Å²) in [4.78, 5) is 19.4. The Balaban J connectivity index is 1.86. The first-order valence-corrected chi connectivity index (χ1v) is 12.4. The number of aryl methyl sites for hydroxylation is 2. The van der Waals surface area contributed by atoms with Gasteiger partial charge in [0, 0.05) is 23.8 Å². The highest BCUT2D eigenvalue weighted by Gasteiger charge is 2.34. The molecule has 1 unspecified atom stereocenters. The number of carbonyl (C=O) groups is 1. The molecular formula is C26H30N4O2S. The molecule has 0 N–H and O–H groups in total. The van der Waals surface area contributed by atoms with Crippen LogP contribution in [0.1, 0.15) is 57.0 Å². The summed E-state index contributed by atoms with van der Waals surface area (Å²) in [5, 5.41) is 9.51. The number of ether oxygens (including phenoxy) is 1. The van der Waals surface area contributed by atoms with Gasteiger partial charge in [0.15, 0.2) is 5.69 Å². The average molecular weight is 463 g/mol. The zero-order chi connectivity index (χ0) is 23.5. The van der Waals surface area contributed by atoms with Crippen molar-refractivity contribution in [3.63, 3.8) is 0 Å². The lowest BCUT2D eigenvalue weighted by Crippen LogP contribution is -2.36. The third-order valence-corrected chi connectivity index (χ3v) is 6.54. The van der Waals surface area contributed by atoms with E-state index in [0.29, 0.717) is 22.6 Å². The second-order valence-corrected chi connectivity index (χ2v) is 9.82. The van der Waals surface area contributed by atoms with Crippen LogP contribution >= 0.6 is 11.8 Å².